The highest BCUT2D eigenvalue weighted by atomic mass is 79.9. The van der Waals surface area contributed by atoms with E-state index in [0.717, 1.165) is 29.7 Å². The zero-order valence-corrected chi connectivity index (χ0v) is 11.2. The second-order valence-corrected chi connectivity index (χ2v) is 5.11. The Morgan fingerprint density at radius 2 is 2.35 bits per heavy atom. The van der Waals surface area contributed by atoms with Crippen LogP contribution in [0.1, 0.15) is 24.8 Å². The van der Waals surface area contributed by atoms with Crippen LogP contribution in [0.5, 0.6) is 0 Å². The van der Waals surface area contributed by atoms with Gasteiger partial charge < -0.3 is 10.1 Å². The van der Waals surface area contributed by atoms with E-state index in [0.29, 0.717) is 11.7 Å². The molecule has 1 aromatic rings. The van der Waals surface area contributed by atoms with Gasteiger partial charge in [-0.3, -0.25) is 0 Å². The molecule has 0 spiro atoms. The molecule has 1 atom stereocenters. The molecule has 0 bridgehead atoms. The number of halogens is 1. The van der Waals surface area contributed by atoms with Crippen molar-refractivity contribution >= 4 is 21.6 Å². The summed E-state index contributed by atoms with van der Waals surface area (Å²) in [7, 11) is 0. The molecule has 1 heterocycles. The first-order chi connectivity index (χ1) is 8.28. The van der Waals surface area contributed by atoms with Crippen LogP contribution in [0.2, 0.25) is 0 Å². The van der Waals surface area contributed by atoms with Gasteiger partial charge in [0, 0.05) is 23.3 Å². The minimum absolute atomic E-state index is 0.407. The van der Waals surface area contributed by atoms with Crippen molar-refractivity contribution in [3.63, 3.8) is 0 Å². The van der Waals surface area contributed by atoms with Crippen molar-refractivity contribution in [2.75, 3.05) is 18.5 Å². The molecule has 0 aromatic heterocycles. The van der Waals surface area contributed by atoms with E-state index in [9.17, 15) is 0 Å². The summed E-state index contributed by atoms with van der Waals surface area (Å²) in [4.78, 5) is 0. The molecule has 1 aromatic carbocycles. The van der Waals surface area contributed by atoms with E-state index in [-0.39, 0.29) is 0 Å². The van der Waals surface area contributed by atoms with Crippen molar-refractivity contribution in [3.8, 4) is 6.07 Å². The fourth-order valence-electron chi connectivity index (χ4n) is 2.01. The van der Waals surface area contributed by atoms with E-state index in [2.05, 4.69) is 27.3 Å². The zero-order valence-electron chi connectivity index (χ0n) is 9.58. The Morgan fingerprint density at radius 1 is 1.47 bits per heavy atom. The van der Waals surface area contributed by atoms with E-state index >= 15 is 0 Å². The Labute approximate surface area is 110 Å². The normalized spacial score (nSPS) is 18.9. The first kappa shape index (κ1) is 12.4. The first-order valence-corrected chi connectivity index (χ1v) is 6.63. The number of nitriles is 1. The summed E-state index contributed by atoms with van der Waals surface area (Å²) in [6.45, 7) is 1.78. The van der Waals surface area contributed by atoms with Gasteiger partial charge in [-0.1, -0.05) is 15.9 Å². The van der Waals surface area contributed by atoms with E-state index in [1.54, 1.807) is 0 Å². The number of benzene rings is 1. The molecule has 2 rings (SSSR count). The number of rotatable bonds is 4. The highest BCUT2D eigenvalue weighted by Crippen LogP contribution is 2.20. The summed E-state index contributed by atoms with van der Waals surface area (Å²) in [5, 5.41) is 12.2. The van der Waals surface area contributed by atoms with Gasteiger partial charge in [0.1, 0.15) is 0 Å². The fourth-order valence-corrected chi connectivity index (χ4v) is 2.50. The van der Waals surface area contributed by atoms with Crippen LogP contribution in [0.3, 0.4) is 0 Å². The van der Waals surface area contributed by atoms with E-state index < -0.39 is 0 Å². The second kappa shape index (κ2) is 6.04. The predicted octanol–water partition coefficient (Wildman–Crippen LogP) is 3.30. The van der Waals surface area contributed by atoms with Gasteiger partial charge in [0.05, 0.1) is 17.7 Å². The average molecular weight is 295 g/mol. The smallest absolute Gasteiger partial charge is 0.0992 e. The molecular weight excluding hydrogens is 280 g/mol. The van der Waals surface area contributed by atoms with E-state index in [1.165, 1.54) is 12.8 Å². The van der Waals surface area contributed by atoms with Gasteiger partial charge in [-0.25, -0.2) is 0 Å². The summed E-state index contributed by atoms with van der Waals surface area (Å²) in [5.41, 5.74) is 1.65. The quantitative estimate of drug-likeness (QED) is 0.927. The van der Waals surface area contributed by atoms with Crippen molar-refractivity contribution in [3.05, 3.63) is 28.2 Å². The lowest BCUT2D eigenvalue weighted by Crippen LogP contribution is -2.12. The molecule has 0 aliphatic carbocycles. The summed E-state index contributed by atoms with van der Waals surface area (Å²) in [6, 6.07) is 7.80. The molecule has 1 aliphatic heterocycles. The SMILES string of the molecule is N#Cc1cc(Br)cc(NCCC2CCCO2)c1. The minimum Gasteiger partial charge on any atom is -0.385 e. The monoisotopic (exact) mass is 294 g/mol. The van der Waals surface area contributed by atoms with Crippen LogP contribution >= 0.6 is 15.9 Å². The maximum atomic E-state index is 8.87. The third-order valence-corrected chi connectivity index (χ3v) is 3.30. The standard InChI is InChI=1S/C13H15BrN2O/c14-11-6-10(9-15)7-12(8-11)16-4-3-13-2-1-5-17-13/h6-8,13,16H,1-5H2. The van der Waals surface area contributed by atoms with Gasteiger partial charge in [0.2, 0.25) is 0 Å². The largest absolute Gasteiger partial charge is 0.385 e. The molecule has 1 unspecified atom stereocenters. The van der Waals surface area contributed by atoms with Gasteiger partial charge in [-0.05, 0) is 37.5 Å². The highest BCUT2D eigenvalue weighted by Gasteiger charge is 2.14. The topological polar surface area (TPSA) is 45.0 Å². The lowest BCUT2D eigenvalue weighted by atomic mass is 10.1. The number of nitrogens with zero attached hydrogens (tertiary/aromatic N) is 1. The van der Waals surface area contributed by atoms with Crippen molar-refractivity contribution in [1.29, 1.82) is 5.26 Å². The van der Waals surface area contributed by atoms with Crippen molar-refractivity contribution in [2.24, 2.45) is 0 Å². The van der Waals surface area contributed by atoms with Crippen molar-refractivity contribution < 1.29 is 4.74 Å². The van der Waals surface area contributed by atoms with Crippen molar-refractivity contribution in [1.82, 2.24) is 0 Å². The molecule has 0 amide bonds. The van der Waals surface area contributed by atoms with Crippen LogP contribution in [0.4, 0.5) is 5.69 Å². The molecule has 1 aliphatic rings. The van der Waals surface area contributed by atoms with Gasteiger partial charge in [0.25, 0.3) is 0 Å². The van der Waals surface area contributed by atoms with Crippen LogP contribution in [-0.4, -0.2) is 19.3 Å². The first-order valence-electron chi connectivity index (χ1n) is 5.84. The number of hydrogen-bond donors (Lipinski definition) is 1. The molecule has 4 heteroatoms. The average Bonchev–Trinajstić information content (AvgIpc) is 2.81. The molecular formula is C13H15BrN2O. The molecule has 0 saturated carbocycles. The van der Waals surface area contributed by atoms with Crippen LogP contribution in [0.25, 0.3) is 0 Å². The fraction of sp³-hybridized carbons (Fsp3) is 0.462. The second-order valence-electron chi connectivity index (χ2n) is 4.19. The Morgan fingerprint density at radius 3 is 3.06 bits per heavy atom. The molecule has 17 heavy (non-hydrogen) atoms. The van der Waals surface area contributed by atoms with Crippen LogP contribution in [-0.2, 0) is 4.74 Å². The maximum Gasteiger partial charge on any atom is 0.0992 e. The van der Waals surface area contributed by atoms with Crippen molar-refractivity contribution in [2.45, 2.75) is 25.4 Å². The van der Waals surface area contributed by atoms with Crippen LogP contribution in [0.15, 0.2) is 22.7 Å². The Hall–Kier alpha value is -1.05. The Kier molecular flexibility index (Phi) is 4.41. The lowest BCUT2D eigenvalue weighted by Gasteiger charge is -2.11. The number of ether oxygens (including phenoxy) is 1. The number of nitrogens with one attached hydrogen (secondary N) is 1. The van der Waals surface area contributed by atoms with Gasteiger partial charge >= 0.3 is 0 Å². The number of anilines is 1. The molecule has 90 valence electrons. The predicted molar refractivity (Wildman–Crippen MR) is 70.9 cm³/mol. The lowest BCUT2D eigenvalue weighted by molar-refractivity contribution is 0.107. The number of hydrogen-bond acceptors (Lipinski definition) is 3. The van der Waals surface area contributed by atoms with Crippen LogP contribution in [0, 0.1) is 11.3 Å². The third kappa shape index (κ3) is 3.72. The van der Waals surface area contributed by atoms with Gasteiger partial charge in [0.15, 0.2) is 0 Å². The summed E-state index contributed by atoms with van der Waals surface area (Å²) < 4.78 is 6.48. The third-order valence-electron chi connectivity index (χ3n) is 2.85. The molecule has 1 N–H and O–H groups in total. The molecule has 3 nitrogen and oxygen atoms in total. The summed E-state index contributed by atoms with van der Waals surface area (Å²) in [6.07, 6.45) is 3.78. The van der Waals surface area contributed by atoms with Crippen LogP contribution < -0.4 is 5.32 Å². The molecule has 0 radical (unpaired) electrons. The molecule has 1 fully saturated rings. The Bertz CT molecular complexity index is 422. The van der Waals surface area contributed by atoms with Gasteiger partial charge in [-0.2, -0.15) is 5.26 Å². The minimum atomic E-state index is 0.407. The van der Waals surface area contributed by atoms with Gasteiger partial charge in [-0.15, -0.1) is 0 Å². The molecule has 1 saturated heterocycles. The summed E-state index contributed by atoms with van der Waals surface area (Å²) in [5.74, 6) is 0. The van der Waals surface area contributed by atoms with E-state index in [1.807, 2.05) is 18.2 Å². The van der Waals surface area contributed by atoms with E-state index in [4.69, 9.17) is 10.00 Å². The zero-order chi connectivity index (χ0) is 12.1. The Balaban J connectivity index is 1.85. The maximum absolute atomic E-state index is 8.87. The highest BCUT2D eigenvalue weighted by molar-refractivity contribution is 9.10. The summed E-state index contributed by atoms with van der Waals surface area (Å²) >= 11 is 3.40.